The van der Waals surface area contributed by atoms with E-state index >= 15 is 0 Å². The van der Waals surface area contributed by atoms with Crippen LogP contribution in [-0.4, -0.2) is 62.3 Å². The third-order valence-corrected chi connectivity index (χ3v) is 6.28. The minimum Gasteiger partial charge on any atom is -0.353 e. The van der Waals surface area contributed by atoms with Crippen molar-refractivity contribution < 1.29 is 13.2 Å². The number of hydrogen-bond donors (Lipinski definition) is 1. The van der Waals surface area contributed by atoms with Gasteiger partial charge in [0.15, 0.2) is 0 Å². The second kappa shape index (κ2) is 8.29. The lowest BCUT2D eigenvalue weighted by Gasteiger charge is -2.33. The summed E-state index contributed by atoms with van der Waals surface area (Å²) in [6.07, 6.45) is 0.886. The number of rotatable bonds is 6. The molecule has 1 aliphatic heterocycles. The molecule has 0 bridgehead atoms. The highest BCUT2D eigenvalue weighted by Crippen LogP contribution is 2.20. The summed E-state index contributed by atoms with van der Waals surface area (Å²) in [4.78, 5) is 14.1. The summed E-state index contributed by atoms with van der Waals surface area (Å²) in [5.41, 5.74) is 0. The number of nitrogens with zero attached hydrogens (tertiary/aromatic N) is 2. The maximum Gasteiger partial charge on any atom is 0.243 e. The van der Waals surface area contributed by atoms with Crippen molar-refractivity contribution in [3.05, 3.63) is 29.3 Å². The Morgan fingerprint density at radius 1 is 1.29 bits per heavy atom. The molecule has 1 heterocycles. The van der Waals surface area contributed by atoms with Crippen molar-refractivity contribution >= 4 is 27.5 Å². The van der Waals surface area contributed by atoms with Crippen LogP contribution in [0.4, 0.5) is 0 Å². The molecule has 1 N–H and O–H groups in total. The quantitative estimate of drug-likeness (QED) is 0.821. The predicted octanol–water partition coefficient (Wildman–Crippen LogP) is 1.56. The van der Waals surface area contributed by atoms with Gasteiger partial charge in [-0.3, -0.25) is 9.69 Å². The Balaban J connectivity index is 1.91. The van der Waals surface area contributed by atoms with Gasteiger partial charge in [0, 0.05) is 37.2 Å². The molecule has 1 aliphatic rings. The number of halogens is 1. The lowest BCUT2D eigenvalue weighted by Crippen LogP contribution is -2.51. The highest BCUT2D eigenvalue weighted by atomic mass is 35.5. The van der Waals surface area contributed by atoms with Crippen LogP contribution in [0.15, 0.2) is 29.2 Å². The van der Waals surface area contributed by atoms with E-state index in [4.69, 9.17) is 11.6 Å². The molecule has 0 aliphatic carbocycles. The number of sulfonamides is 1. The van der Waals surface area contributed by atoms with Crippen molar-refractivity contribution in [2.45, 2.75) is 31.2 Å². The molecule has 8 heteroatoms. The normalized spacial score (nSPS) is 18.3. The fourth-order valence-electron chi connectivity index (χ4n) is 2.53. The Bertz CT molecular complexity index is 673. The Labute approximate surface area is 148 Å². The fourth-order valence-corrected chi connectivity index (χ4v) is 4.25. The first-order chi connectivity index (χ1) is 11.3. The first-order valence-electron chi connectivity index (χ1n) is 8.10. The van der Waals surface area contributed by atoms with Gasteiger partial charge < -0.3 is 5.32 Å². The lowest BCUT2D eigenvalue weighted by atomic mass is 10.2. The van der Waals surface area contributed by atoms with Gasteiger partial charge in [-0.15, -0.1) is 0 Å². The molecule has 1 aromatic rings. The minimum atomic E-state index is -3.54. The van der Waals surface area contributed by atoms with E-state index in [-0.39, 0.29) is 16.8 Å². The smallest absolute Gasteiger partial charge is 0.243 e. The second-order valence-electron chi connectivity index (χ2n) is 6.01. The van der Waals surface area contributed by atoms with Crippen LogP contribution < -0.4 is 5.32 Å². The van der Waals surface area contributed by atoms with Crippen LogP contribution in [0, 0.1) is 0 Å². The standard InChI is InChI=1S/C16H24ClN3O3S/c1-3-13(2)18-16(21)12-19-7-9-20(10-8-19)24(22,23)15-6-4-5-14(17)11-15/h4-6,11,13H,3,7-10,12H2,1-2H3,(H,18,21)/t13-/m0/s1. The number of nitrogens with one attached hydrogen (secondary N) is 1. The fraction of sp³-hybridized carbons (Fsp3) is 0.562. The third kappa shape index (κ3) is 4.92. The van der Waals surface area contributed by atoms with E-state index in [1.807, 2.05) is 18.7 Å². The first kappa shape index (κ1) is 19.2. The summed E-state index contributed by atoms with van der Waals surface area (Å²) in [5, 5.41) is 3.32. The molecule has 6 nitrogen and oxygen atoms in total. The van der Waals surface area contributed by atoms with Crippen LogP contribution in [0.1, 0.15) is 20.3 Å². The van der Waals surface area contributed by atoms with Gasteiger partial charge in [0.2, 0.25) is 15.9 Å². The average molecular weight is 374 g/mol. The van der Waals surface area contributed by atoms with E-state index in [2.05, 4.69) is 5.32 Å². The number of amides is 1. The maximum atomic E-state index is 12.6. The summed E-state index contributed by atoms with van der Waals surface area (Å²) in [6, 6.07) is 6.44. The van der Waals surface area contributed by atoms with Crippen molar-refractivity contribution in [3.8, 4) is 0 Å². The van der Waals surface area contributed by atoms with Gasteiger partial charge in [-0.2, -0.15) is 4.31 Å². The van der Waals surface area contributed by atoms with Crippen molar-refractivity contribution in [3.63, 3.8) is 0 Å². The van der Waals surface area contributed by atoms with E-state index in [1.165, 1.54) is 10.4 Å². The van der Waals surface area contributed by atoms with Gasteiger partial charge >= 0.3 is 0 Å². The van der Waals surface area contributed by atoms with Crippen LogP contribution in [0.2, 0.25) is 5.02 Å². The Morgan fingerprint density at radius 2 is 1.96 bits per heavy atom. The molecule has 1 atom stereocenters. The van der Waals surface area contributed by atoms with Crippen LogP contribution >= 0.6 is 11.6 Å². The molecular formula is C16H24ClN3O3S. The molecule has 0 saturated carbocycles. The van der Waals surface area contributed by atoms with Crippen molar-refractivity contribution in [2.75, 3.05) is 32.7 Å². The summed E-state index contributed by atoms with van der Waals surface area (Å²) in [6.45, 7) is 6.09. The molecule has 0 spiro atoms. The zero-order valence-corrected chi connectivity index (χ0v) is 15.6. The summed E-state index contributed by atoms with van der Waals surface area (Å²) in [7, 11) is -3.54. The van der Waals surface area contributed by atoms with Gasteiger partial charge in [0.1, 0.15) is 0 Å². The Hall–Kier alpha value is -1.15. The number of benzene rings is 1. The van der Waals surface area contributed by atoms with Gasteiger partial charge in [0.25, 0.3) is 0 Å². The summed E-state index contributed by atoms with van der Waals surface area (Å²) < 4.78 is 26.7. The minimum absolute atomic E-state index is 0.0181. The number of carbonyl (C=O) groups is 1. The molecule has 2 rings (SSSR count). The molecule has 134 valence electrons. The number of hydrogen-bond acceptors (Lipinski definition) is 4. The lowest BCUT2D eigenvalue weighted by molar-refractivity contribution is -0.123. The predicted molar refractivity (Wildman–Crippen MR) is 94.5 cm³/mol. The largest absolute Gasteiger partial charge is 0.353 e. The van der Waals surface area contributed by atoms with Crippen molar-refractivity contribution in [1.29, 1.82) is 0 Å². The highest BCUT2D eigenvalue weighted by Gasteiger charge is 2.29. The maximum absolute atomic E-state index is 12.6. The van der Waals surface area contributed by atoms with Crippen LogP contribution in [0.25, 0.3) is 0 Å². The second-order valence-corrected chi connectivity index (χ2v) is 8.39. The zero-order chi connectivity index (χ0) is 17.7. The third-order valence-electron chi connectivity index (χ3n) is 4.15. The molecule has 1 aromatic carbocycles. The average Bonchev–Trinajstić information content (AvgIpc) is 2.55. The molecule has 1 fully saturated rings. The van der Waals surface area contributed by atoms with Crippen molar-refractivity contribution in [2.24, 2.45) is 0 Å². The van der Waals surface area contributed by atoms with E-state index in [0.29, 0.717) is 37.7 Å². The molecular weight excluding hydrogens is 350 g/mol. The molecule has 24 heavy (non-hydrogen) atoms. The van der Waals surface area contributed by atoms with Crippen LogP contribution in [0.5, 0.6) is 0 Å². The van der Waals surface area contributed by atoms with Gasteiger partial charge in [0.05, 0.1) is 11.4 Å². The van der Waals surface area contributed by atoms with E-state index in [0.717, 1.165) is 6.42 Å². The number of piperazine rings is 1. The SMILES string of the molecule is CC[C@H](C)NC(=O)CN1CCN(S(=O)(=O)c2cccc(Cl)c2)CC1. The summed E-state index contributed by atoms with van der Waals surface area (Å²) >= 11 is 5.89. The first-order valence-corrected chi connectivity index (χ1v) is 9.92. The highest BCUT2D eigenvalue weighted by molar-refractivity contribution is 7.89. The van der Waals surface area contributed by atoms with Gasteiger partial charge in [-0.1, -0.05) is 24.6 Å². The molecule has 0 radical (unpaired) electrons. The van der Waals surface area contributed by atoms with Crippen LogP contribution in [-0.2, 0) is 14.8 Å². The topological polar surface area (TPSA) is 69.7 Å². The summed E-state index contributed by atoms with van der Waals surface area (Å²) in [5.74, 6) is -0.0181. The van der Waals surface area contributed by atoms with Crippen LogP contribution in [0.3, 0.4) is 0 Å². The molecule has 0 aromatic heterocycles. The van der Waals surface area contributed by atoms with Crippen molar-refractivity contribution in [1.82, 2.24) is 14.5 Å². The molecule has 0 unspecified atom stereocenters. The van der Waals surface area contributed by atoms with E-state index in [9.17, 15) is 13.2 Å². The molecule has 1 saturated heterocycles. The zero-order valence-electron chi connectivity index (χ0n) is 14.0. The Morgan fingerprint density at radius 3 is 2.54 bits per heavy atom. The Kier molecular flexibility index (Phi) is 6.62. The van der Waals surface area contributed by atoms with E-state index < -0.39 is 10.0 Å². The molecule has 1 amide bonds. The monoisotopic (exact) mass is 373 g/mol. The van der Waals surface area contributed by atoms with E-state index in [1.54, 1.807) is 18.2 Å². The van der Waals surface area contributed by atoms with Gasteiger partial charge in [-0.05, 0) is 31.5 Å². The number of carbonyl (C=O) groups excluding carboxylic acids is 1. The van der Waals surface area contributed by atoms with Gasteiger partial charge in [-0.25, -0.2) is 8.42 Å².